The maximum atomic E-state index is 13.8. The number of hydrazone groups is 1. The van der Waals surface area contributed by atoms with Gasteiger partial charge in [-0.15, -0.1) is 0 Å². The molecule has 0 saturated carbocycles. The van der Waals surface area contributed by atoms with Crippen molar-refractivity contribution in [2.24, 2.45) is 5.10 Å². The van der Waals surface area contributed by atoms with E-state index >= 15 is 0 Å². The maximum Gasteiger partial charge on any atom is 0.355 e. The Morgan fingerprint density at radius 3 is 2.55 bits per heavy atom. The fourth-order valence-corrected chi connectivity index (χ4v) is 4.85. The van der Waals surface area contributed by atoms with E-state index in [9.17, 15) is 9.59 Å². The van der Waals surface area contributed by atoms with E-state index in [0.29, 0.717) is 26.9 Å². The van der Waals surface area contributed by atoms with Gasteiger partial charge in [0.1, 0.15) is 0 Å². The van der Waals surface area contributed by atoms with Gasteiger partial charge in [-0.3, -0.25) is 9.80 Å². The molecule has 0 aromatic heterocycles. The normalized spacial score (nSPS) is 22.4. The summed E-state index contributed by atoms with van der Waals surface area (Å²) < 4.78 is 5.33. The Bertz CT molecular complexity index is 1110. The van der Waals surface area contributed by atoms with E-state index in [1.54, 1.807) is 42.3 Å². The van der Waals surface area contributed by atoms with E-state index in [1.807, 2.05) is 32.9 Å². The fourth-order valence-electron chi connectivity index (χ4n) is 4.48. The molecule has 1 spiro atoms. The third-order valence-electron chi connectivity index (χ3n) is 5.52. The SMILES string of the molecule is CCOC(=O)C1=NN(C(C)(C)C)C2(C(=O)Nc3cc(Cl)ccc32)C1c1cccc(Cl)c1. The second-order valence-electron chi connectivity index (χ2n) is 8.59. The van der Waals surface area contributed by atoms with Crippen molar-refractivity contribution in [2.75, 3.05) is 11.9 Å². The van der Waals surface area contributed by atoms with Crippen LogP contribution in [0.5, 0.6) is 0 Å². The highest BCUT2D eigenvalue weighted by atomic mass is 35.5. The van der Waals surface area contributed by atoms with Crippen LogP contribution in [0.3, 0.4) is 0 Å². The molecule has 2 unspecified atom stereocenters. The van der Waals surface area contributed by atoms with Crippen molar-refractivity contribution in [1.82, 2.24) is 5.01 Å². The molecule has 0 fully saturated rings. The lowest BCUT2D eigenvalue weighted by Crippen LogP contribution is -2.56. The summed E-state index contributed by atoms with van der Waals surface area (Å²) in [6.07, 6.45) is 0. The number of halogens is 2. The number of fused-ring (bicyclic) bond motifs is 2. The summed E-state index contributed by atoms with van der Waals surface area (Å²) in [5.41, 5.74) is 0.263. The second-order valence-corrected chi connectivity index (χ2v) is 9.46. The van der Waals surface area contributed by atoms with Gasteiger partial charge in [-0.2, -0.15) is 5.10 Å². The number of benzene rings is 2. The summed E-state index contributed by atoms with van der Waals surface area (Å²) >= 11 is 12.5. The Morgan fingerprint density at radius 2 is 1.90 bits per heavy atom. The first-order valence-corrected chi connectivity index (χ1v) is 10.8. The lowest BCUT2D eigenvalue weighted by molar-refractivity contribution is -0.135. The van der Waals surface area contributed by atoms with Crippen molar-refractivity contribution in [3.8, 4) is 0 Å². The van der Waals surface area contributed by atoms with Crippen LogP contribution < -0.4 is 5.32 Å². The van der Waals surface area contributed by atoms with Gasteiger partial charge in [0.25, 0.3) is 5.91 Å². The molecule has 162 valence electrons. The van der Waals surface area contributed by atoms with Gasteiger partial charge >= 0.3 is 5.97 Å². The largest absolute Gasteiger partial charge is 0.461 e. The molecule has 2 aliphatic rings. The van der Waals surface area contributed by atoms with Crippen LogP contribution >= 0.6 is 23.2 Å². The topological polar surface area (TPSA) is 71.0 Å². The maximum absolute atomic E-state index is 13.8. The number of hydrogen-bond donors (Lipinski definition) is 1. The van der Waals surface area contributed by atoms with Gasteiger partial charge in [0, 0.05) is 21.3 Å². The molecule has 0 aliphatic carbocycles. The zero-order chi connectivity index (χ0) is 22.6. The zero-order valence-corrected chi connectivity index (χ0v) is 19.2. The predicted octanol–water partition coefficient (Wildman–Crippen LogP) is 4.96. The molecule has 4 rings (SSSR count). The van der Waals surface area contributed by atoms with Crippen LogP contribution in [0.15, 0.2) is 47.6 Å². The van der Waals surface area contributed by atoms with Gasteiger partial charge in [-0.05, 0) is 57.5 Å². The first-order chi connectivity index (χ1) is 14.6. The Kier molecular flexibility index (Phi) is 5.26. The third kappa shape index (κ3) is 3.29. The Morgan fingerprint density at radius 1 is 1.19 bits per heavy atom. The number of nitrogens with one attached hydrogen (secondary N) is 1. The van der Waals surface area contributed by atoms with E-state index in [1.165, 1.54) is 0 Å². The van der Waals surface area contributed by atoms with Crippen LogP contribution in [0.4, 0.5) is 5.69 Å². The molecular formula is C23H23Cl2N3O3. The van der Waals surface area contributed by atoms with Crippen molar-refractivity contribution in [2.45, 2.75) is 44.7 Å². The molecule has 8 heteroatoms. The summed E-state index contributed by atoms with van der Waals surface area (Å²) in [6.45, 7) is 7.77. The molecule has 31 heavy (non-hydrogen) atoms. The molecule has 2 heterocycles. The number of amides is 1. The minimum atomic E-state index is -1.30. The van der Waals surface area contributed by atoms with Crippen LogP contribution in [0.2, 0.25) is 10.0 Å². The molecule has 2 aromatic carbocycles. The molecule has 2 aromatic rings. The summed E-state index contributed by atoms with van der Waals surface area (Å²) in [4.78, 5) is 26.8. The average molecular weight is 460 g/mol. The minimum Gasteiger partial charge on any atom is -0.461 e. The van der Waals surface area contributed by atoms with Gasteiger partial charge < -0.3 is 10.1 Å². The van der Waals surface area contributed by atoms with Gasteiger partial charge in [0.2, 0.25) is 0 Å². The molecule has 0 saturated heterocycles. The molecule has 2 atom stereocenters. The van der Waals surface area contributed by atoms with E-state index in [2.05, 4.69) is 5.32 Å². The van der Waals surface area contributed by atoms with E-state index < -0.39 is 23.0 Å². The summed E-state index contributed by atoms with van der Waals surface area (Å²) in [5, 5.41) is 10.4. The number of carbonyl (C=O) groups is 2. The minimum absolute atomic E-state index is 0.164. The lowest BCUT2D eigenvalue weighted by atomic mass is 9.72. The van der Waals surface area contributed by atoms with Gasteiger partial charge in [-0.1, -0.05) is 41.4 Å². The fraction of sp³-hybridized carbons (Fsp3) is 0.348. The zero-order valence-electron chi connectivity index (χ0n) is 17.7. The first kappa shape index (κ1) is 21.7. The lowest BCUT2D eigenvalue weighted by Gasteiger charge is -2.44. The molecule has 2 aliphatic heterocycles. The van der Waals surface area contributed by atoms with E-state index in [4.69, 9.17) is 33.0 Å². The van der Waals surface area contributed by atoms with Crippen molar-refractivity contribution in [3.63, 3.8) is 0 Å². The molecule has 0 bridgehead atoms. The molecular weight excluding hydrogens is 437 g/mol. The molecule has 1 N–H and O–H groups in total. The van der Waals surface area contributed by atoms with E-state index in [-0.39, 0.29) is 18.2 Å². The smallest absolute Gasteiger partial charge is 0.355 e. The van der Waals surface area contributed by atoms with Crippen molar-refractivity contribution in [1.29, 1.82) is 0 Å². The number of nitrogens with zero attached hydrogens (tertiary/aromatic N) is 2. The van der Waals surface area contributed by atoms with Crippen molar-refractivity contribution in [3.05, 3.63) is 63.6 Å². The summed E-state index contributed by atoms with van der Waals surface area (Å²) in [5.74, 6) is -1.58. The monoisotopic (exact) mass is 459 g/mol. The average Bonchev–Trinajstić information content (AvgIpc) is 3.18. The standard InChI is InChI=1S/C23H23Cl2N3O3/c1-5-31-20(29)19-18(13-7-6-8-14(24)11-13)23(28(27-19)22(2,3)4)16-10-9-15(25)12-17(16)26-21(23)30/h6-12,18H,5H2,1-4H3,(H,26,30). The number of rotatable bonds is 3. The van der Waals surface area contributed by atoms with Gasteiger partial charge in [0.15, 0.2) is 11.3 Å². The number of carbonyl (C=O) groups excluding carboxylic acids is 2. The van der Waals surface area contributed by atoms with Crippen LogP contribution in [-0.2, 0) is 19.9 Å². The first-order valence-electron chi connectivity index (χ1n) is 10.0. The molecule has 6 nitrogen and oxygen atoms in total. The van der Waals surface area contributed by atoms with Gasteiger partial charge in [-0.25, -0.2) is 4.79 Å². The highest BCUT2D eigenvalue weighted by Gasteiger charge is 2.65. The number of ether oxygens (including phenoxy) is 1. The van der Waals surface area contributed by atoms with Crippen LogP contribution in [0.1, 0.15) is 44.7 Å². The van der Waals surface area contributed by atoms with Crippen molar-refractivity contribution >= 4 is 46.5 Å². The highest BCUT2D eigenvalue weighted by Crippen LogP contribution is 2.56. The van der Waals surface area contributed by atoms with E-state index in [0.717, 1.165) is 0 Å². The highest BCUT2D eigenvalue weighted by molar-refractivity contribution is 6.41. The predicted molar refractivity (Wildman–Crippen MR) is 122 cm³/mol. The number of anilines is 1. The quantitative estimate of drug-likeness (QED) is 0.658. The summed E-state index contributed by atoms with van der Waals surface area (Å²) in [7, 11) is 0. The molecule has 0 radical (unpaired) electrons. The molecule has 1 amide bonds. The van der Waals surface area contributed by atoms with Crippen LogP contribution in [-0.4, -0.2) is 34.7 Å². The third-order valence-corrected chi connectivity index (χ3v) is 5.99. The van der Waals surface area contributed by atoms with Gasteiger partial charge in [0.05, 0.1) is 18.1 Å². The number of hydrogen-bond acceptors (Lipinski definition) is 5. The summed E-state index contributed by atoms with van der Waals surface area (Å²) in [6, 6.07) is 12.4. The number of esters is 1. The Labute approximate surface area is 191 Å². The van der Waals surface area contributed by atoms with Crippen molar-refractivity contribution < 1.29 is 14.3 Å². The second kappa shape index (κ2) is 7.53. The Hall–Kier alpha value is -2.57. The van der Waals surface area contributed by atoms with Crippen LogP contribution in [0, 0.1) is 0 Å². The van der Waals surface area contributed by atoms with Crippen LogP contribution in [0.25, 0.3) is 0 Å². The Balaban J connectivity index is 2.05.